The maximum absolute atomic E-state index is 14.0. The highest BCUT2D eigenvalue weighted by Crippen LogP contribution is 2.13. The molecule has 0 radical (unpaired) electrons. The molecule has 0 aliphatic carbocycles. The Morgan fingerprint density at radius 1 is 1.29 bits per heavy atom. The first-order valence-corrected chi connectivity index (χ1v) is 7.87. The van der Waals surface area contributed by atoms with Crippen LogP contribution in [0.4, 0.5) is 4.39 Å². The molecule has 1 N–H and O–H groups in total. The summed E-state index contributed by atoms with van der Waals surface area (Å²) < 4.78 is 19.4. The fourth-order valence-electron chi connectivity index (χ4n) is 2.11. The molecule has 0 aliphatic rings. The summed E-state index contributed by atoms with van der Waals surface area (Å²) in [6, 6.07) is 5.82. The summed E-state index contributed by atoms with van der Waals surface area (Å²) in [5.41, 5.74) is 1.89. The van der Waals surface area contributed by atoms with Gasteiger partial charge in [-0.05, 0) is 25.1 Å². The van der Waals surface area contributed by atoms with E-state index < -0.39 is 0 Å². The van der Waals surface area contributed by atoms with Crippen LogP contribution in [0.5, 0.6) is 0 Å². The van der Waals surface area contributed by atoms with Crippen molar-refractivity contribution in [2.75, 3.05) is 26.3 Å². The molecular weight excluding hydrogens is 267 g/mol. The molecule has 1 rings (SSSR count). The molecule has 0 aliphatic heterocycles. The third kappa shape index (κ3) is 7.02. The normalized spacial score (nSPS) is 11.6. The molecule has 1 aromatic carbocycles. The van der Waals surface area contributed by atoms with Crippen LogP contribution < -0.4 is 5.32 Å². The summed E-state index contributed by atoms with van der Waals surface area (Å²) in [5.74, 6) is -0.127. The highest BCUT2D eigenvalue weighted by atomic mass is 19.1. The van der Waals surface area contributed by atoms with Gasteiger partial charge in [0.15, 0.2) is 0 Å². The van der Waals surface area contributed by atoms with Crippen LogP contribution in [0.2, 0.25) is 0 Å². The van der Waals surface area contributed by atoms with E-state index in [4.69, 9.17) is 4.74 Å². The van der Waals surface area contributed by atoms with Crippen molar-refractivity contribution >= 4 is 0 Å². The van der Waals surface area contributed by atoms with Crippen molar-refractivity contribution in [2.24, 2.45) is 0 Å². The van der Waals surface area contributed by atoms with Crippen molar-refractivity contribution in [3.63, 3.8) is 0 Å². The molecule has 0 heterocycles. The fraction of sp³-hybridized carbons (Fsp3) is 0.647. The molecule has 0 saturated heterocycles. The number of ether oxygens (including phenoxy) is 1. The summed E-state index contributed by atoms with van der Waals surface area (Å²) in [4.78, 5) is 2.20. The first-order chi connectivity index (χ1) is 10.1. The second kappa shape index (κ2) is 9.87. The highest BCUT2D eigenvalue weighted by molar-refractivity contribution is 5.25. The summed E-state index contributed by atoms with van der Waals surface area (Å²) in [6.45, 7) is 12.8. The van der Waals surface area contributed by atoms with Gasteiger partial charge in [-0.2, -0.15) is 0 Å². The van der Waals surface area contributed by atoms with Gasteiger partial charge in [-0.15, -0.1) is 0 Å². The summed E-state index contributed by atoms with van der Waals surface area (Å²) >= 11 is 0. The first-order valence-electron chi connectivity index (χ1n) is 7.87. The lowest BCUT2D eigenvalue weighted by Gasteiger charge is -2.21. The second-order valence-electron chi connectivity index (χ2n) is 5.53. The van der Waals surface area contributed by atoms with Crippen molar-refractivity contribution in [3.8, 4) is 0 Å². The van der Waals surface area contributed by atoms with Crippen molar-refractivity contribution in [3.05, 3.63) is 35.1 Å². The standard InChI is InChI=1S/C17H29FN2O/c1-5-20(9-10-21-6-2)13-16-11-15(7-8-17(16)18)12-19-14(3)4/h7-8,11,14,19H,5-6,9-10,12-13H2,1-4H3. The summed E-state index contributed by atoms with van der Waals surface area (Å²) in [6.07, 6.45) is 0. The molecule has 0 atom stereocenters. The Kier molecular flexibility index (Phi) is 8.50. The predicted octanol–water partition coefficient (Wildman–Crippen LogP) is 3.18. The topological polar surface area (TPSA) is 24.5 Å². The molecule has 0 amide bonds. The number of hydrogen-bond donors (Lipinski definition) is 1. The molecule has 0 saturated carbocycles. The van der Waals surface area contributed by atoms with Crippen LogP contribution in [0.25, 0.3) is 0 Å². The maximum Gasteiger partial charge on any atom is 0.127 e. The van der Waals surface area contributed by atoms with Gasteiger partial charge in [-0.25, -0.2) is 4.39 Å². The molecule has 0 fully saturated rings. The number of nitrogens with zero attached hydrogens (tertiary/aromatic N) is 1. The quantitative estimate of drug-likeness (QED) is 0.671. The number of halogens is 1. The molecule has 0 spiro atoms. The van der Waals surface area contributed by atoms with Crippen molar-refractivity contribution < 1.29 is 9.13 Å². The Hall–Kier alpha value is -0.970. The van der Waals surface area contributed by atoms with E-state index in [0.717, 1.165) is 37.4 Å². The zero-order valence-corrected chi connectivity index (χ0v) is 13.8. The Labute approximate surface area is 128 Å². The van der Waals surface area contributed by atoms with Gasteiger partial charge in [-0.1, -0.05) is 32.9 Å². The van der Waals surface area contributed by atoms with Crippen LogP contribution in [0.1, 0.15) is 38.8 Å². The number of rotatable bonds is 10. The summed E-state index contributed by atoms with van der Waals surface area (Å²) in [7, 11) is 0. The molecule has 4 heteroatoms. The Morgan fingerprint density at radius 2 is 2.05 bits per heavy atom. The third-order valence-corrected chi connectivity index (χ3v) is 3.42. The lowest BCUT2D eigenvalue weighted by molar-refractivity contribution is 0.112. The monoisotopic (exact) mass is 296 g/mol. The van der Waals surface area contributed by atoms with Gasteiger partial charge in [0.1, 0.15) is 5.82 Å². The minimum Gasteiger partial charge on any atom is -0.380 e. The van der Waals surface area contributed by atoms with Crippen LogP contribution in [-0.2, 0) is 17.8 Å². The molecule has 0 bridgehead atoms. The van der Waals surface area contributed by atoms with Crippen molar-refractivity contribution in [1.29, 1.82) is 0 Å². The Balaban J connectivity index is 2.64. The molecule has 0 aromatic heterocycles. The molecule has 3 nitrogen and oxygen atoms in total. The first kappa shape index (κ1) is 18.1. The highest BCUT2D eigenvalue weighted by Gasteiger charge is 2.09. The minimum absolute atomic E-state index is 0.127. The zero-order valence-electron chi connectivity index (χ0n) is 13.8. The van der Waals surface area contributed by atoms with Gasteiger partial charge in [0.25, 0.3) is 0 Å². The van der Waals surface area contributed by atoms with Crippen molar-refractivity contribution in [1.82, 2.24) is 10.2 Å². The third-order valence-electron chi connectivity index (χ3n) is 3.42. The van der Waals surface area contributed by atoms with E-state index in [-0.39, 0.29) is 5.82 Å². The molecule has 21 heavy (non-hydrogen) atoms. The van der Waals surface area contributed by atoms with E-state index >= 15 is 0 Å². The van der Waals surface area contributed by atoms with Crippen LogP contribution in [-0.4, -0.2) is 37.2 Å². The summed E-state index contributed by atoms with van der Waals surface area (Å²) in [5, 5.41) is 3.36. The van der Waals surface area contributed by atoms with Gasteiger partial charge >= 0.3 is 0 Å². The lowest BCUT2D eigenvalue weighted by Crippen LogP contribution is -2.27. The fourth-order valence-corrected chi connectivity index (χ4v) is 2.11. The Bertz CT molecular complexity index is 410. The molecular formula is C17H29FN2O. The average Bonchev–Trinajstić information content (AvgIpc) is 2.46. The smallest absolute Gasteiger partial charge is 0.127 e. The molecule has 120 valence electrons. The van der Waals surface area contributed by atoms with E-state index in [1.54, 1.807) is 6.07 Å². The van der Waals surface area contributed by atoms with Gasteiger partial charge in [0.05, 0.1) is 6.61 Å². The average molecular weight is 296 g/mol. The number of hydrogen-bond acceptors (Lipinski definition) is 3. The van der Waals surface area contributed by atoms with E-state index in [1.807, 2.05) is 19.1 Å². The van der Waals surface area contributed by atoms with Gasteiger partial charge in [-0.3, -0.25) is 4.90 Å². The van der Waals surface area contributed by atoms with Gasteiger partial charge < -0.3 is 10.1 Å². The van der Waals surface area contributed by atoms with E-state index in [0.29, 0.717) is 19.2 Å². The van der Waals surface area contributed by atoms with E-state index in [9.17, 15) is 4.39 Å². The number of likely N-dealkylation sites (N-methyl/N-ethyl adjacent to an activating group) is 1. The Morgan fingerprint density at radius 3 is 2.67 bits per heavy atom. The van der Waals surface area contributed by atoms with Gasteiger partial charge in [0.2, 0.25) is 0 Å². The van der Waals surface area contributed by atoms with E-state index in [1.165, 1.54) is 0 Å². The molecule has 0 unspecified atom stereocenters. The predicted molar refractivity (Wildman–Crippen MR) is 85.8 cm³/mol. The van der Waals surface area contributed by atoms with Crippen LogP contribution in [0.3, 0.4) is 0 Å². The lowest BCUT2D eigenvalue weighted by atomic mass is 10.1. The second-order valence-corrected chi connectivity index (χ2v) is 5.53. The van der Waals surface area contributed by atoms with Gasteiger partial charge in [0, 0.05) is 37.8 Å². The minimum atomic E-state index is -0.127. The zero-order chi connectivity index (χ0) is 15.7. The van der Waals surface area contributed by atoms with Crippen molar-refractivity contribution in [2.45, 2.75) is 46.8 Å². The SMILES string of the molecule is CCOCCN(CC)Cc1cc(CNC(C)C)ccc1F. The number of benzene rings is 1. The van der Waals surface area contributed by atoms with Crippen LogP contribution in [0.15, 0.2) is 18.2 Å². The largest absolute Gasteiger partial charge is 0.380 e. The maximum atomic E-state index is 14.0. The van der Waals surface area contributed by atoms with Crippen LogP contribution in [0, 0.1) is 5.82 Å². The van der Waals surface area contributed by atoms with E-state index in [2.05, 4.69) is 31.0 Å². The molecule has 1 aromatic rings. The van der Waals surface area contributed by atoms with Crippen LogP contribution >= 0.6 is 0 Å². The number of nitrogens with one attached hydrogen (secondary N) is 1.